The van der Waals surface area contributed by atoms with E-state index in [2.05, 4.69) is 5.32 Å². The molecule has 2 aliphatic heterocycles. The first-order valence-electron chi connectivity index (χ1n) is 8.42. The van der Waals surface area contributed by atoms with Crippen LogP contribution in [0.5, 0.6) is 11.5 Å². The summed E-state index contributed by atoms with van der Waals surface area (Å²) >= 11 is 0.893. The van der Waals surface area contributed by atoms with E-state index in [9.17, 15) is 14.4 Å². The lowest BCUT2D eigenvalue weighted by atomic mass is 10.1. The molecule has 138 valence electrons. The van der Waals surface area contributed by atoms with Crippen LogP contribution in [0.1, 0.15) is 25.8 Å². The number of nitrogens with zero attached hydrogens (tertiary/aromatic N) is 1. The monoisotopic (exact) mass is 376 g/mol. The highest BCUT2D eigenvalue weighted by molar-refractivity contribution is 8.18. The maximum absolute atomic E-state index is 12.5. The Kier molecular flexibility index (Phi) is 5.51. The summed E-state index contributed by atoms with van der Waals surface area (Å²) in [5.74, 6) is 0.764. The number of fused-ring (bicyclic) bond motifs is 1. The van der Waals surface area contributed by atoms with Gasteiger partial charge in [0.2, 0.25) is 12.7 Å². The van der Waals surface area contributed by atoms with Crippen LogP contribution >= 0.6 is 11.8 Å². The third-order valence-corrected chi connectivity index (χ3v) is 5.17. The molecule has 1 atom stereocenters. The van der Waals surface area contributed by atoms with Crippen LogP contribution in [0.2, 0.25) is 0 Å². The lowest BCUT2D eigenvalue weighted by molar-refractivity contribution is -0.126. The fourth-order valence-electron chi connectivity index (χ4n) is 2.50. The van der Waals surface area contributed by atoms with Gasteiger partial charge in [-0.05, 0) is 42.0 Å². The van der Waals surface area contributed by atoms with Gasteiger partial charge in [0.1, 0.15) is 0 Å². The molecule has 0 aromatic heterocycles. The first-order valence-corrected chi connectivity index (χ1v) is 9.24. The Morgan fingerprint density at radius 1 is 1.35 bits per heavy atom. The van der Waals surface area contributed by atoms with E-state index in [0.717, 1.165) is 28.6 Å². The van der Waals surface area contributed by atoms with Crippen molar-refractivity contribution < 1.29 is 23.9 Å². The highest BCUT2D eigenvalue weighted by atomic mass is 32.2. The van der Waals surface area contributed by atoms with E-state index in [-0.39, 0.29) is 42.9 Å². The lowest BCUT2D eigenvalue weighted by Crippen LogP contribution is -2.38. The van der Waals surface area contributed by atoms with Crippen molar-refractivity contribution in [1.29, 1.82) is 0 Å². The second-order valence-electron chi connectivity index (χ2n) is 6.05. The summed E-state index contributed by atoms with van der Waals surface area (Å²) in [6.07, 6.45) is 2.40. The largest absolute Gasteiger partial charge is 0.454 e. The molecule has 2 aliphatic rings. The van der Waals surface area contributed by atoms with Crippen LogP contribution in [0.15, 0.2) is 23.1 Å². The number of hydrogen-bond acceptors (Lipinski definition) is 6. The second-order valence-corrected chi connectivity index (χ2v) is 7.04. The van der Waals surface area contributed by atoms with Gasteiger partial charge in [0, 0.05) is 19.0 Å². The van der Waals surface area contributed by atoms with E-state index in [1.807, 2.05) is 13.8 Å². The van der Waals surface area contributed by atoms with E-state index in [1.165, 1.54) is 0 Å². The molecule has 1 aromatic rings. The fourth-order valence-corrected chi connectivity index (χ4v) is 3.36. The summed E-state index contributed by atoms with van der Waals surface area (Å²) in [5.41, 5.74) is 0.754. The smallest absolute Gasteiger partial charge is 0.293 e. The number of hydrogen-bond donors (Lipinski definition) is 1. The molecule has 0 spiro atoms. The zero-order chi connectivity index (χ0) is 18.7. The first-order chi connectivity index (χ1) is 12.5. The van der Waals surface area contributed by atoms with Gasteiger partial charge in [-0.2, -0.15) is 0 Å². The summed E-state index contributed by atoms with van der Waals surface area (Å²) in [6.45, 7) is 4.35. The molecule has 1 unspecified atom stereocenters. The molecule has 26 heavy (non-hydrogen) atoms. The predicted octanol–water partition coefficient (Wildman–Crippen LogP) is 2.61. The number of imide groups is 1. The van der Waals surface area contributed by atoms with Crippen molar-refractivity contribution in [2.75, 3.05) is 19.9 Å². The Morgan fingerprint density at radius 3 is 2.88 bits per heavy atom. The number of rotatable bonds is 6. The van der Waals surface area contributed by atoms with Crippen molar-refractivity contribution in [2.45, 2.75) is 20.3 Å². The molecular formula is C18H20N2O5S. The minimum absolute atomic E-state index is 0.0737. The van der Waals surface area contributed by atoms with Gasteiger partial charge in [-0.15, -0.1) is 0 Å². The Bertz CT molecular complexity index is 777. The van der Waals surface area contributed by atoms with Gasteiger partial charge in [-0.3, -0.25) is 19.3 Å². The van der Waals surface area contributed by atoms with Crippen molar-refractivity contribution in [3.8, 4) is 11.5 Å². The number of thioether (sulfide) groups is 1. The van der Waals surface area contributed by atoms with Crippen LogP contribution in [0.3, 0.4) is 0 Å². The molecule has 8 heteroatoms. The van der Waals surface area contributed by atoms with E-state index in [4.69, 9.17) is 9.47 Å². The summed E-state index contributed by atoms with van der Waals surface area (Å²) < 4.78 is 10.6. The number of benzene rings is 1. The zero-order valence-corrected chi connectivity index (χ0v) is 15.4. The average Bonchev–Trinajstić information content (AvgIpc) is 3.20. The lowest BCUT2D eigenvalue weighted by Gasteiger charge is -2.14. The summed E-state index contributed by atoms with van der Waals surface area (Å²) in [5, 5.41) is 2.42. The standard InChI is InChI=1S/C18H20N2O5S/c1-3-11(2)16(21)19-6-7-20-17(22)15(26-18(20)23)9-12-4-5-13-14(8-12)25-10-24-13/h4-5,8-9,11H,3,6-7,10H2,1-2H3,(H,19,21)/b15-9-. The Morgan fingerprint density at radius 2 is 2.12 bits per heavy atom. The van der Waals surface area contributed by atoms with Crippen LogP contribution in [0.4, 0.5) is 4.79 Å². The van der Waals surface area contributed by atoms with Gasteiger partial charge in [0.05, 0.1) is 4.91 Å². The third kappa shape index (κ3) is 3.85. The van der Waals surface area contributed by atoms with Crippen molar-refractivity contribution >= 4 is 34.9 Å². The van der Waals surface area contributed by atoms with E-state index in [0.29, 0.717) is 16.4 Å². The average molecular weight is 376 g/mol. The maximum atomic E-state index is 12.5. The number of amides is 3. The molecule has 1 fully saturated rings. The van der Waals surface area contributed by atoms with Gasteiger partial charge >= 0.3 is 0 Å². The molecule has 3 rings (SSSR count). The minimum Gasteiger partial charge on any atom is -0.454 e. The van der Waals surface area contributed by atoms with Crippen LogP contribution in [0.25, 0.3) is 6.08 Å². The van der Waals surface area contributed by atoms with Crippen LogP contribution in [-0.2, 0) is 9.59 Å². The molecule has 2 heterocycles. The minimum atomic E-state index is -0.351. The van der Waals surface area contributed by atoms with Crippen LogP contribution in [0, 0.1) is 5.92 Å². The van der Waals surface area contributed by atoms with E-state index in [1.54, 1.807) is 24.3 Å². The molecule has 0 saturated carbocycles. The maximum Gasteiger partial charge on any atom is 0.293 e. The van der Waals surface area contributed by atoms with Gasteiger partial charge in [-0.1, -0.05) is 19.9 Å². The highest BCUT2D eigenvalue weighted by Crippen LogP contribution is 2.36. The third-order valence-electron chi connectivity index (χ3n) is 4.26. The molecule has 0 radical (unpaired) electrons. The van der Waals surface area contributed by atoms with Gasteiger partial charge in [0.15, 0.2) is 11.5 Å². The van der Waals surface area contributed by atoms with Crippen LogP contribution < -0.4 is 14.8 Å². The fraction of sp³-hybridized carbons (Fsp3) is 0.389. The van der Waals surface area contributed by atoms with Crippen LogP contribution in [-0.4, -0.2) is 41.8 Å². The van der Waals surface area contributed by atoms with E-state index < -0.39 is 0 Å². The molecule has 1 N–H and O–H groups in total. The molecule has 3 amide bonds. The quantitative estimate of drug-likeness (QED) is 0.768. The van der Waals surface area contributed by atoms with E-state index >= 15 is 0 Å². The van der Waals surface area contributed by atoms with Gasteiger partial charge in [-0.25, -0.2) is 0 Å². The molecule has 0 aliphatic carbocycles. The predicted molar refractivity (Wildman–Crippen MR) is 97.7 cm³/mol. The number of nitrogens with one attached hydrogen (secondary N) is 1. The number of carbonyl (C=O) groups is 3. The molecule has 1 saturated heterocycles. The van der Waals surface area contributed by atoms with Gasteiger partial charge < -0.3 is 14.8 Å². The van der Waals surface area contributed by atoms with Gasteiger partial charge in [0.25, 0.3) is 11.1 Å². The Labute approximate surface area is 155 Å². The highest BCUT2D eigenvalue weighted by Gasteiger charge is 2.34. The molecule has 1 aromatic carbocycles. The topological polar surface area (TPSA) is 84.9 Å². The zero-order valence-electron chi connectivity index (χ0n) is 14.6. The SMILES string of the molecule is CCC(C)C(=O)NCCN1C(=O)S/C(=C\c2ccc3c(c2)OCO3)C1=O. The first kappa shape index (κ1) is 18.3. The Balaban J connectivity index is 1.62. The summed E-state index contributed by atoms with van der Waals surface area (Å²) in [6, 6.07) is 5.33. The summed E-state index contributed by atoms with van der Waals surface area (Å²) in [7, 11) is 0. The molecular weight excluding hydrogens is 356 g/mol. The second kappa shape index (κ2) is 7.82. The van der Waals surface area contributed by atoms with Crippen molar-refractivity contribution in [3.63, 3.8) is 0 Å². The van der Waals surface area contributed by atoms with Crippen molar-refractivity contribution in [2.24, 2.45) is 5.92 Å². The van der Waals surface area contributed by atoms with Crippen molar-refractivity contribution in [3.05, 3.63) is 28.7 Å². The number of ether oxygens (including phenoxy) is 2. The summed E-state index contributed by atoms with van der Waals surface area (Å²) in [4.78, 5) is 37.8. The normalized spacial score (nSPS) is 18.5. The molecule has 0 bridgehead atoms. The van der Waals surface area contributed by atoms with Crippen molar-refractivity contribution in [1.82, 2.24) is 10.2 Å². The number of carbonyl (C=O) groups excluding carboxylic acids is 3. The Hall–Kier alpha value is -2.48. The molecule has 7 nitrogen and oxygen atoms in total.